The number of aromatic nitrogens is 1. The number of aromatic amines is 1. The van der Waals surface area contributed by atoms with E-state index < -0.39 is 0 Å². The second-order valence-electron chi connectivity index (χ2n) is 5.00. The van der Waals surface area contributed by atoms with Gasteiger partial charge in [0.25, 0.3) is 0 Å². The first-order valence-corrected chi connectivity index (χ1v) is 7.44. The van der Waals surface area contributed by atoms with Gasteiger partial charge in [-0.2, -0.15) is 0 Å². The maximum Gasteiger partial charge on any atom is 0.150 e. The van der Waals surface area contributed by atoms with Gasteiger partial charge in [0.05, 0.1) is 0 Å². The Morgan fingerprint density at radius 2 is 1.89 bits per heavy atom. The lowest BCUT2D eigenvalue weighted by Gasteiger charge is -2.21. The summed E-state index contributed by atoms with van der Waals surface area (Å²) in [7, 11) is 0. The van der Waals surface area contributed by atoms with Crippen molar-refractivity contribution in [2.24, 2.45) is 0 Å². The van der Waals surface area contributed by atoms with Gasteiger partial charge in [0.1, 0.15) is 6.29 Å². The molecule has 1 aromatic heterocycles. The van der Waals surface area contributed by atoms with Gasteiger partial charge in [-0.1, -0.05) is 45.2 Å². The number of nitrogens with one attached hydrogen (secondary N) is 1. The predicted molar refractivity (Wildman–Crippen MR) is 80.9 cm³/mol. The van der Waals surface area contributed by atoms with Crippen LogP contribution in [0.5, 0.6) is 0 Å². The summed E-state index contributed by atoms with van der Waals surface area (Å²) < 4.78 is 0. The fourth-order valence-corrected chi connectivity index (χ4v) is 2.99. The van der Waals surface area contributed by atoms with Crippen LogP contribution in [-0.2, 0) is 0 Å². The normalized spacial score (nSPS) is 15.9. The molecule has 0 spiro atoms. The minimum absolute atomic E-state index is 0.708. The molecule has 19 heavy (non-hydrogen) atoms. The van der Waals surface area contributed by atoms with Crippen molar-refractivity contribution in [1.82, 2.24) is 4.98 Å². The van der Waals surface area contributed by atoms with E-state index in [1.165, 1.54) is 43.1 Å². The number of hydrogen-bond acceptors (Lipinski definition) is 1. The zero-order chi connectivity index (χ0) is 13.7. The molecule has 1 heterocycles. The SMILES string of the molecule is CC.O=Cc1ccc2c(C3CCCCC3)c[nH]c2c1. The Kier molecular flexibility index (Phi) is 4.78. The molecule has 2 aromatic rings. The van der Waals surface area contributed by atoms with Crippen molar-refractivity contribution in [3.8, 4) is 0 Å². The van der Waals surface area contributed by atoms with E-state index in [9.17, 15) is 4.79 Å². The lowest BCUT2D eigenvalue weighted by atomic mass is 9.84. The van der Waals surface area contributed by atoms with Gasteiger partial charge in [-0.15, -0.1) is 0 Å². The first-order chi connectivity index (χ1) is 9.38. The van der Waals surface area contributed by atoms with E-state index in [0.29, 0.717) is 5.92 Å². The summed E-state index contributed by atoms with van der Waals surface area (Å²) in [4.78, 5) is 14.0. The molecule has 1 aliphatic rings. The number of rotatable bonds is 2. The summed E-state index contributed by atoms with van der Waals surface area (Å²) >= 11 is 0. The maximum absolute atomic E-state index is 10.7. The van der Waals surface area contributed by atoms with Gasteiger partial charge in [0.2, 0.25) is 0 Å². The van der Waals surface area contributed by atoms with Gasteiger partial charge >= 0.3 is 0 Å². The fourth-order valence-electron chi connectivity index (χ4n) is 2.99. The maximum atomic E-state index is 10.7. The largest absolute Gasteiger partial charge is 0.361 e. The molecule has 0 bridgehead atoms. The third-order valence-corrected chi connectivity index (χ3v) is 3.92. The highest BCUT2D eigenvalue weighted by Crippen LogP contribution is 2.36. The van der Waals surface area contributed by atoms with Gasteiger partial charge in [0.15, 0.2) is 0 Å². The molecule has 3 rings (SSSR count). The van der Waals surface area contributed by atoms with E-state index in [1.807, 2.05) is 26.0 Å². The molecular weight excluding hydrogens is 234 g/mol. The van der Waals surface area contributed by atoms with E-state index in [1.54, 1.807) is 0 Å². The molecule has 0 atom stereocenters. The Balaban J connectivity index is 0.000000637. The average molecular weight is 257 g/mol. The molecule has 0 saturated heterocycles. The summed E-state index contributed by atoms with van der Waals surface area (Å²) in [6, 6.07) is 5.93. The zero-order valence-corrected chi connectivity index (χ0v) is 11.9. The Bertz CT molecular complexity index is 535. The fraction of sp³-hybridized carbons (Fsp3) is 0.471. The van der Waals surface area contributed by atoms with Crippen LogP contribution in [0.1, 0.15) is 67.8 Å². The predicted octanol–water partition coefficient (Wildman–Crippen LogP) is 5.05. The van der Waals surface area contributed by atoms with Crippen molar-refractivity contribution in [2.75, 3.05) is 0 Å². The third-order valence-electron chi connectivity index (χ3n) is 3.92. The molecule has 0 aliphatic heterocycles. The number of carbonyl (C=O) groups excluding carboxylic acids is 1. The van der Waals surface area contributed by atoms with Crippen LogP contribution in [0, 0.1) is 0 Å². The summed E-state index contributed by atoms with van der Waals surface area (Å²) in [6.45, 7) is 4.00. The molecule has 102 valence electrons. The lowest BCUT2D eigenvalue weighted by Crippen LogP contribution is -2.03. The monoisotopic (exact) mass is 257 g/mol. The van der Waals surface area contributed by atoms with E-state index >= 15 is 0 Å². The molecule has 1 saturated carbocycles. The van der Waals surface area contributed by atoms with Crippen molar-refractivity contribution < 1.29 is 4.79 Å². The van der Waals surface area contributed by atoms with E-state index in [0.717, 1.165) is 17.4 Å². The van der Waals surface area contributed by atoms with Crippen molar-refractivity contribution >= 4 is 17.2 Å². The number of H-pyrrole nitrogens is 1. The third kappa shape index (κ3) is 2.89. The Hall–Kier alpha value is -1.57. The highest BCUT2D eigenvalue weighted by Gasteiger charge is 2.18. The first-order valence-electron chi connectivity index (χ1n) is 7.44. The number of hydrogen-bond donors (Lipinski definition) is 1. The quantitative estimate of drug-likeness (QED) is 0.750. The highest BCUT2D eigenvalue weighted by molar-refractivity contribution is 5.89. The standard InChI is InChI=1S/C15H17NO.C2H6/c17-10-11-6-7-13-14(9-16-15(13)8-11)12-4-2-1-3-5-12;1-2/h6-10,12,16H,1-5H2;1-2H3. The van der Waals surface area contributed by atoms with Crippen LogP contribution in [0.3, 0.4) is 0 Å². The van der Waals surface area contributed by atoms with E-state index in [4.69, 9.17) is 0 Å². The molecule has 0 amide bonds. The summed E-state index contributed by atoms with van der Waals surface area (Å²) in [5.41, 5.74) is 3.28. The molecule has 0 unspecified atom stereocenters. The van der Waals surface area contributed by atoms with Gasteiger partial charge < -0.3 is 4.98 Å². The zero-order valence-electron chi connectivity index (χ0n) is 11.9. The van der Waals surface area contributed by atoms with Gasteiger partial charge in [-0.25, -0.2) is 0 Å². The average Bonchev–Trinajstić information content (AvgIpc) is 2.93. The van der Waals surface area contributed by atoms with Crippen LogP contribution in [0.15, 0.2) is 24.4 Å². The minimum Gasteiger partial charge on any atom is -0.361 e. The van der Waals surface area contributed by atoms with Crippen LogP contribution in [0.4, 0.5) is 0 Å². The van der Waals surface area contributed by atoms with Crippen LogP contribution < -0.4 is 0 Å². The van der Waals surface area contributed by atoms with Gasteiger partial charge in [-0.05, 0) is 30.4 Å². The molecule has 2 heteroatoms. The van der Waals surface area contributed by atoms with Crippen molar-refractivity contribution in [3.05, 3.63) is 35.5 Å². The van der Waals surface area contributed by atoms with Crippen molar-refractivity contribution in [3.63, 3.8) is 0 Å². The number of benzene rings is 1. The Labute approximate surface area is 115 Å². The van der Waals surface area contributed by atoms with Gasteiger partial charge in [0, 0.05) is 22.7 Å². The molecular formula is C17H23NO. The number of carbonyl (C=O) groups is 1. The molecule has 0 radical (unpaired) electrons. The number of aldehydes is 1. The van der Waals surface area contributed by atoms with Crippen molar-refractivity contribution in [2.45, 2.75) is 51.9 Å². The Morgan fingerprint density at radius 3 is 2.58 bits per heavy atom. The molecule has 1 fully saturated rings. The topological polar surface area (TPSA) is 32.9 Å². The smallest absolute Gasteiger partial charge is 0.150 e. The van der Waals surface area contributed by atoms with Crippen LogP contribution in [0.2, 0.25) is 0 Å². The minimum atomic E-state index is 0.708. The summed E-state index contributed by atoms with van der Waals surface area (Å²) in [5, 5.41) is 1.29. The van der Waals surface area contributed by atoms with Crippen LogP contribution >= 0.6 is 0 Å². The highest BCUT2D eigenvalue weighted by atomic mass is 16.1. The van der Waals surface area contributed by atoms with E-state index in [2.05, 4.69) is 17.2 Å². The summed E-state index contributed by atoms with van der Waals surface area (Å²) in [6.07, 6.45) is 9.74. The molecule has 1 aromatic carbocycles. The van der Waals surface area contributed by atoms with Crippen LogP contribution in [-0.4, -0.2) is 11.3 Å². The lowest BCUT2D eigenvalue weighted by molar-refractivity contribution is 0.112. The van der Waals surface area contributed by atoms with E-state index in [-0.39, 0.29) is 0 Å². The second kappa shape index (κ2) is 6.55. The van der Waals surface area contributed by atoms with Crippen LogP contribution in [0.25, 0.3) is 10.9 Å². The van der Waals surface area contributed by atoms with Gasteiger partial charge in [-0.3, -0.25) is 4.79 Å². The molecule has 2 nitrogen and oxygen atoms in total. The first kappa shape index (κ1) is 13.9. The molecule has 1 N–H and O–H groups in total. The number of fused-ring (bicyclic) bond motifs is 1. The second-order valence-corrected chi connectivity index (χ2v) is 5.00. The molecule has 1 aliphatic carbocycles. The Morgan fingerprint density at radius 1 is 1.16 bits per heavy atom. The van der Waals surface area contributed by atoms with Crippen molar-refractivity contribution in [1.29, 1.82) is 0 Å². The summed E-state index contributed by atoms with van der Waals surface area (Å²) in [5.74, 6) is 0.708.